The average Bonchev–Trinajstić information content (AvgIpc) is 3.33. The summed E-state index contributed by atoms with van der Waals surface area (Å²) in [5, 5.41) is 2.97. The SMILES string of the molecule is O=C(Nc1ccc2c(c1)OCO2)C1CCN(C(=O)CC2CCCC2)CC1. The van der Waals surface area contributed by atoms with Crippen molar-refractivity contribution < 1.29 is 19.1 Å². The number of anilines is 1. The number of nitrogens with zero attached hydrogens (tertiary/aromatic N) is 1. The molecule has 0 bridgehead atoms. The lowest BCUT2D eigenvalue weighted by atomic mass is 9.94. The van der Waals surface area contributed by atoms with Crippen molar-refractivity contribution in [3.8, 4) is 11.5 Å². The number of piperidine rings is 1. The number of rotatable bonds is 4. The predicted octanol–water partition coefficient (Wildman–Crippen LogP) is 3.17. The molecule has 2 amide bonds. The van der Waals surface area contributed by atoms with Crippen molar-refractivity contribution in [2.24, 2.45) is 11.8 Å². The van der Waals surface area contributed by atoms with E-state index in [1.165, 1.54) is 25.7 Å². The zero-order chi connectivity index (χ0) is 17.9. The normalized spacial score (nSPS) is 20.4. The van der Waals surface area contributed by atoms with Gasteiger partial charge in [-0.3, -0.25) is 9.59 Å². The molecule has 2 heterocycles. The highest BCUT2D eigenvalue weighted by atomic mass is 16.7. The lowest BCUT2D eigenvalue weighted by molar-refractivity contribution is -0.135. The molecule has 1 aliphatic carbocycles. The quantitative estimate of drug-likeness (QED) is 0.898. The Kier molecular flexibility index (Phi) is 5.00. The highest BCUT2D eigenvalue weighted by molar-refractivity contribution is 5.93. The average molecular weight is 358 g/mol. The molecule has 0 radical (unpaired) electrons. The van der Waals surface area contributed by atoms with Crippen molar-refractivity contribution in [2.75, 3.05) is 25.2 Å². The largest absolute Gasteiger partial charge is 0.454 e. The van der Waals surface area contributed by atoms with E-state index in [1.54, 1.807) is 6.07 Å². The van der Waals surface area contributed by atoms with Gasteiger partial charge in [0.25, 0.3) is 0 Å². The number of carbonyl (C=O) groups is 2. The fourth-order valence-corrected chi connectivity index (χ4v) is 4.20. The number of amides is 2. The van der Waals surface area contributed by atoms with Gasteiger partial charge >= 0.3 is 0 Å². The molecule has 6 heteroatoms. The Morgan fingerprint density at radius 2 is 1.77 bits per heavy atom. The number of fused-ring (bicyclic) bond motifs is 1. The summed E-state index contributed by atoms with van der Waals surface area (Å²) in [6.07, 6.45) is 7.06. The van der Waals surface area contributed by atoms with Crippen LogP contribution >= 0.6 is 0 Å². The molecular formula is C20H26N2O4. The molecule has 1 N–H and O–H groups in total. The van der Waals surface area contributed by atoms with E-state index in [4.69, 9.17) is 9.47 Å². The third-order valence-corrected chi connectivity index (χ3v) is 5.80. The molecule has 1 aromatic carbocycles. The van der Waals surface area contributed by atoms with Crippen molar-refractivity contribution in [1.82, 2.24) is 4.90 Å². The van der Waals surface area contributed by atoms with Crippen LogP contribution < -0.4 is 14.8 Å². The van der Waals surface area contributed by atoms with Crippen molar-refractivity contribution in [3.63, 3.8) is 0 Å². The summed E-state index contributed by atoms with van der Waals surface area (Å²) < 4.78 is 10.6. The van der Waals surface area contributed by atoms with Crippen LogP contribution in [-0.4, -0.2) is 36.6 Å². The molecule has 26 heavy (non-hydrogen) atoms. The fraction of sp³-hybridized carbons (Fsp3) is 0.600. The second-order valence-corrected chi connectivity index (χ2v) is 7.57. The topological polar surface area (TPSA) is 67.9 Å². The van der Waals surface area contributed by atoms with E-state index >= 15 is 0 Å². The lowest BCUT2D eigenvalue weighted by Gasteiger charge is -2.32. The Morgan fingerprint density at radius 1 is 1.04 bits per heavy atom. The number of hydrogen-bond donors (Lipinski definition) is 1. The molecule has 2 fully saturated rings. The first-order valence-corrected chi connectivity index (χ1v) is 9.67. The molecule has 0 aromatic heterocycles. The number of benzene rings is 1. The Hall–Kier alpha value is -2.24. The van der Waals surface area contributed by atoms with Crippen LogP contribution in [0.15, 0.2) is 18.2 Å². The maximum atomic E-state index is 12.5. The Balaban J connectivity index is 1.26. The first-order chi connectivity index (χ1) is 12.7. The Labute approximate surface area is 153 Å². The van der Waals surface area contributed by atoms with E-state index in [9.17, 15) is 9.59 Å². The Morgan fingerprint density at radius 3 is 2.54 bits per heavy atom. The predicted molar refractivity (Wildman–Crippen MR) is 97.1 cm³/mol. The summed E-state index contributed by atoms with van der Waals surface area (Å²) in [4.78, 5) is 26.9. The van der Waals surface area contributed by atoms with Gasteiger partial charge in [0.1, 0.15) is 0 Å². The van der Waals surface area contributed by atoms with Crippen LogP contribution in [0.4, 0.5) is 5.69 Å². The molecule has 3 aliphatic rings. The van der Waals surface area contributed by atoms with Crippen molar-refractivity contribution >= 4 is 17.5 Å². The number of nitrogens with one attached hydrogen (secondary N) is 1. The molecule has 140 valence electrons. The molecule has 1 saturated heterocycles. The number of carbonyl (C=O) groups excluding carboxylic acids is 2. The fourth-order valence-electron chi connectivity index (χ4n) is 4.20. The van der Waals surface area contributed by atoms with Crippen LogP contribution in [0, 0.1) is 11.8 Å². The molecule has 6 nitrogen and oxygen atoms in total. The first-order valence-electron chi connectivity index (χ1n) is 9.67. The molecule has 4 rings (SSSR count). The van der Waals surface area contributed by atoms with Gasteiger partial charge in [0.15, 0.2) is 11.5 Å². The summed E-state index contributed by atoms with van der Waals surface area (Å²) >= 11 is 0. The molecular weight excluding hydrogens is 332 g/mol. The summed E-state index contributed by atoms with van der Waals surface area (Å²) in [5.74, 6) is 2.19. The Bertz CT molecular complexity index is 676. The summed E-state index contributed by atoms with van der Waals surface area (Å²) in [5.41, 5.74) is 0.721. The third-order valence-electron chi connectivity index (χ3n) is 5.80. The van der Waals surface area contributed by atoms with Crippen LogP contribution in [0.2, 0.25) is 0 Å². The van der Waals surface area contributed by atoms with E-state index in [2.05, 4.69) is 5.32 Å². The van der Waals surface area contributed by atoms with Gasteiger partial charge in [-0.25, -0.2) is 0 Å². The van der Waals surface area contributed by atoms with Gasteiger partial charge in [-0.05, 0) is 43.7 Å². The molecule has 0 atom stereocenters. The molecule has 0 spiro atoms. The van der Waals surface area contributed by atoms with Crippen molar-refractivity contribution in [2.45, 2.75) is 44.9 Å². The second kappa shape index (κ2) is 7.56. The van der Waals surface area contributed by atoms with Crippen LogP contribution in [-0.2, 0) is 9.59 Å². The second-order valence-electron chi connectivity index (χ2n) is 7.57. The molecule has 1 aromatic rings. The minimum absolute atomic E-state index is 0.0201. The van der Waals surface area contributed by atoms with Gasteiger partial charge in [-0.1, -0.05) is 12.8 Å². The highest BCUT2D eigenvalue weighted by Crippen LogP contribution is 2.34. The molecule has 2 aliphatic heterocycles. The van der Waals surface area contributed by atoms with Gasteiger partial charge in [0, 0.05) is 37.2 Å². The third kappa shape index (κ3) is 3.79. The maximum Gasteiger partial charge on any atom is 0.231 e. The highest BCUT2D eigenvalue weighted by Gasteiger charge is 2.29. The van der Waals surface area contributed by atoms with Crippen LogP contribution in [0.3, 0.4) is 0 Å². The molecule has 0 unspecified atom stereocenters. The van der Waals surface area contributed by atoms with E-state index in [-0.39, 0.29) is 24.5 Å². The zero-order valence-electron chi connectivity index (χ0n) is 15.0. The van der Waals surface area contributed by atoms with E-state index < -0.39 is 0 Å². The maximum absolute atomic E-state index is 12.5. The van der Waals surface area contributed by atoms with Gasteiger partial charge in [0.05, 0.1) is 0 Å². The van der Waals surface area contributed by atoms with E-state index in [0.717, 1.165) is 18.5 Å². The summed E-state index contributed by atoms with van der Waals surface area (Å²) in [6, 6.07) is 5.43. The van der Waals surface area contributed by atoms with Gasteiger partial charge < -0.3 is 19.7 Å². The van der Waals surface area contributed by atoms with Gasteiger partial charge in [0.2, 0.25) is 18.6 Å². The minimum atomic E-state index is -0.0454. The minimum Gasteiger partial charge on any atom is -0.454 e. The van der Waals surface area contributed by atoms with Crippen LogP contribution in [0.25, 0.3) is 0 Å². The molecule has 1 saturated carbocycles. The standard InChI is InChI=1S/C20H26N2O4/c23-19(11-14-3-1-2-4-14)22-9-7-15(8-10-22)20(24)21-16-5-6-17-18(12-16)26-13-25-17/h5-6,12,14-15H,1-4,7-11,13H2,(H,21,24). The van der Waals surface area contributed by atoms with Gasteiger partial charge in [-0.2, -0.15) is 0 Å². The van der Waals surface area contributed by atoms with Crippen LogP contribution in [0.5, 0.6) is 11.5 Å². The van der Waals surface area contributed by atoms with E-state index in [1.807, 2.05) is 17.0 Å². The summed E-state index contributed by atoms with van der Waals surface area (Å²) in [6.45, 7) is 1.59. The van der Waals surface area contributed by atoms with E-state index in [0.29, 0.717) is 36.9 Å². The monoisotopic (exact) mass is 358 g/mol. The number of hydrogen-bond acceptors (Lipinski definition) is 4. The van der Waals surface area contributed by atoms with Crippen molar-refractivity contribution in [3.05, 3.63) is 18.2 Å². The number of ether oxygens (including phenoxy) is 2. The lowest BCUT2D eigenvalue weighted by Crippen LogP contribution is -2.41. The smallest absolute Gasteiger partial charge is 0.231 e. The van der Waals surface area contributed by atoms with Gasteiger partial charge in [-0.15, -0.1) is 0 Å². The first kappa shape index (κ1) is 17.2. The van der Waals surface area contributed by atoms with Crippen molar-refractivity contribution in [1.29, 1.82) is 0 Å². The zero-order valence-corrected chi connectivity index (χ0v) is 15.0. The van der Waals surface area contributed by atoms with Crippen LogP contribution in [0.1, 0.15) is 44.9 Å². The summed E-state index contributed by atoms with van der Waals surface area (Å²) in [7, 11) is 0. The number of likely N-dealkylation sites (tertiary alicyclic amines) is 1.